The van der Waals surface area contributed by atoms with Gasteiger partial charge >= 0.3 is 0 Å². The Balaban J connectivity index is 1.36. The monoisotopic (exact) mass is 542 g/mol. The number of ether oxygens (including phenoxy) is 5. The van der Waals surface area contributed by atoms with Gasteiger partial charge in [-0.3, -0.25) is 0 Å². The molecule has 1 saturated heterocycles. The van der Waals surface area contributed by atoms with Crippen LogP contribution in [-0.4, -0.2) is 37.4 Å². The van der Waals surface area contributed by atoms with Gasteiger partial charge in [-0.2, -0.15) is 0 Å². The van der Waals surface area contributed by atoms with E-state index in [1.54, 1.807) is 0 Å². The van der Waals surface area contributed by atoms with Crippen molar-refractivity contribution < 1.29 is 28.1 Å². The molecule has 1 fully saturated rings. The predicted molar refractivity (Wildman–Crippen MR) is 151 cm³/mol. The summed E-state index contributed by atoms with van der Waals surface area (Å²) in [6.45, 7) is 1.35. The number of rotatable bonds is 13. The van der Waals surface area contributed by atoms with E-state index in [-0.39, 0.29) is 19.8 Å². The van der Waals surface area contributed by atoms with Gasteiger partial charge in [-0.1, -0.05) is 121 Å². The molecule has 5 atom stereocenters. The average Bonchev–Trinajstić information content (AvgIpc) is 3.01. The van der Waals surface area contributed by atoms with E-state index in [9.17, 15) is 0 Å². The largest absolute Gasteiger partial charge is 0.374 e. The van der Waals surface area contributed by atoms with E-state index in [0.29, 0.717) is 13.2 Å². The Hall–Kier alpha value is -3.39. The molecule has 0 N–H and O–H groups in total. The van der Waals surface area contributed by atoms with Crippen LogP contribution in [0.5, 0.6) is 0 Å². The Kier molecular flexibility index (Phi) is 10.4. The van der Waals surface area contributed by atoms with Gasteiger partial charge in [-0.05, 0) is 22.3 Å². The molecule has 5 nitrogen and oxygen atoms in total. The van der Waals surface area contributed by atoms with Gasteiger partial charge in [0.25, 0.3) is 0 Å². The van der Waals surface area contributed by atoms with Gasteiger partial charge in [0.05, 0.1) is 33.0 Å². The van der Waals surface area contributed by atoms with Gasteiger partial charge in [-0.15, -0.1) is 0 Å². The van der Waals surface area contributed by atoms with Crippen LogP contribution < -0.4 is 0 Å². The number of hydrogen-bond acceptors (Lipinski definition) is 5. The molecule has 4 aromatic carbocycles. The highest BCUT2D eigenvalue weighted by Gasteiger charge is 2.48. The maximum absolute atomic E-state index is 15.7. The Bertz CT molecular complexity index is 1240. The molecule has 0 saturated carbocycles. The third kappa shape index (κ3) is 8.07. The van der Waals surface area contributed by atoms with Crippen LogP contribution in [0.2, 0.25) is 0 Å². The van der Waals surface area contributed by atoms with E-state index in [4.69, 9.17) is 23.7 Å². The summed E-state index contributed by atoms with van der Waals surface area (Å²) in [6, 6.07) is 39.2. The zero-order chi connectivity index (χ0) is 27.4. The highest BCUT2D eigenvalue weighted by molar-refractivity contribution is 5.16. The molecule has 0 aromatic heterocycles. The highest BCUT2D eigenvalue weighted by Crippen LogP contribution is 2.31. The first-order chi connectivity index (χ1) is 19.8. The van der Waals surface area contributed by atoms with Crippen LogP contribution in [0.15, 0.2) is 121 Å². The maximum Gasteiger partial charge on any atom is 0.228 e. The third-order valence-corrected chi connectivity index (χ3v) is 6.83. The fraction of sp³-hybridized carbons (Fsp3) is 0.294. The van der Waals surface area contributed by atoms with Gasteiger partial charge in [-0.25, -0.2) is 4.39 Å². The van der Waals surface area contributed by atoms with Crippen molar-refractivity contribution >= 4 is 0 Å². The Morgan fingerprint density at radius 1 is 0.475 bits per heavy atom. The van der Waals surface area contributed by atoms with Crippen molar-refractivity contribution in [1.29, 1.82) is 0 Å². The molecule has 5 rings (SSSR count). The van der Waals surface area contributed by atoms with E-state index >= 15 is 4.39 Å². The summed E-state index contributed by atoms with van der Waals surface area (Å²) in [7, 11) is 0. The van der Waals surface area contributed by atoms with Gasteiger partial charge in [0.15, 0.2) is 0 Å². The lowest BCUT2D eigenvalue weighted by Gasteiger charge is -2.43. The third-order valence-electron chi connectivity index (χ3n) is 6.83. The topological polar surface area (TPSA) is 46.2 Å². The second kappa shape index (κ2) is 14.8. The minimum absolute atomic E-state index is 0.144. The van der Waals surface area contributed by atoms with Crippen molar-refractivity contribution in [3.05, 3.63) is 144 Å². The molecular weight excluding hydrogens is 507 g/mol. The van der Waals surface area contributed by atoms with Crippen molar-refractivity contribution in [2.75, 3.05) is 6.61 Å². The molecule has 1 aliphatic heterocycles. The SMILES string of the molecule is FC1O[C@H](COCc2ccccc2)[C@@H](OCc2ccccc2)[C@@H](OCc2ccccc2)[C@H]1OCc1ccccc1. The van der Waals surface area contributed by atoms with E-state index in [0.717, 1.165) is 22.3 Å². The molecule has 208 valence electrons. The summed E-state index contributed by atoms with van der Waals surface area (Å²) in [6.07, 6.45) is -4.77. The smallest absolute Gasteiger partial charge is 0.228 e. The molecule has 1 unspecified atom stereocenters. The molecule has 0 aliphatic carbocycles. The molecule has 0 spiro atoms. The predicted octanol–water partition coefficient (Wildman–Crippen LogP) is 6.65. The van der Waals surface area contributed by atoms with Crippen LogP contribution in [0, 0.1) is 0 Å². The fourth-order valence-corrected chi connectivity index (χ4v) is 4.73. The first kappa shape index (κ1) is 28.1. The second-order valence-corrected chi connectivity index (χ2v) is 9.81. The van der Waals surface area contributed by atoms with Crippen molar-refractivity contribution in [3.8, 4) is 0 Å². The summed E-state index contributed by atoms with van der Waals surface area (Å²) < 4.78 is 46.6. The minimum atomic E-state index is -1.72. The van der Waals surface area contributed by atoms with E-state index in [1.807, 2.05) is 121 Å². The number of hydrogen-bond donors (Lipinski definition) is 0. The van der Waals surface area contributed by atoms with Crippen LogP contribution in [0.25, 0.3) is 0 Å². The van der Waals surface area contributed by atoms with Crippen molar-refractivity contribution in [3.63, 3.8) is 0 Å². The second-order valence-electron chi connectivity index (χ2n) is 9.81. The summed E-state index contributed by atoms with van der Waals surface area (Å²) in [5.41, 5.74) is 3.94. The lowest BCUT2D eigenvalue weighted by molar-refractivity contribution is -0.298. The Labute approximate surface area is 235 Å². The average molecular weight is 543 g/mol. The molecule has 1 aliphatic rings. The van der Waals surface area contributed by atoms with Crippen molar-refractivity contribution in [2.45, 2.75) is 57.2 Å². The van der Waals surface area contributed by atoms with E-state index in [1.165, 1.54) is 0 Å². The van der Waals surface area contributed by atoms with Gasteiger partial charge < -0.3 is 23.7 Å². The van der Waals surface area contributed by atoms with Crippen LogP contribution in [0.1, 0.15) is 22.3 Å². The van der Waals surface area contributed by atoms with Gasteiger partial charge in [0.2, 0.25) is 6.36 Å². The summed E-state index contributed by atoms with van der Waals surface area (Å²) >= 11 is 0. The van der Waals surface area contributed by atoms with E-state index in [2.05, 4.69) is 0 Å². The molecule has 0 bridgehead atoms. The first-order valence-corrected chi connectivity index (χ1v) is 13.6. The fourth-order valence-electron chi connectivity index (χ4n) is 4.73. The highest BCUT2D eigenvalue weighted by atomic mass is 19.1. The first-order valence-electron chi connectivity index (χ1n) is 13.6. The quantitative estimate of drug-likeness (QED) is 0.189. The minimum Gasteiger partial charge on any atom is -0.374 e. The normalized spacial score (nSPS) is 22.7. The molecule has 4 aromatic rings. The molecule has 0 amide bonds. The van der Waals surface area contributed by atoms with Crippen molar-refractivity contribution in [1.82, 2.24) is 0 Å². The summed E-state index contributed by atoms with van der Waals surface area (Å²) in [5.74, 6) is 0. The number of benzene rings is 4. The number of alkyl halides is 1. The molecular formula is C34H35FO5. The van der Waals surface area contributed by atoms with Gasteiger partial charge in [0, 0.05) is 0 Å². The van der Waals surface area contributed by atoms with Crippen molar-refractivity contribution in [2.24, 2.45) is 0 Å². The Morgan fingerprint density at radius 2 is 0.850 bits per heavy atom. The van der Waals surface area contributed by atoms with Crippen LogP contribution in [-0.2, 0) is 50.1 Å². The summed E-state index contributed by atoms with van der Waals surface area (Å²) in [5, 5.41) is 0. The standard InChI is InChI=1S/C34H35FO5/c35-34-33(39-24-29-19-11-4-12-20-29)32(38-23-28-17-9-3-10-18-28)31(37-22-27-15-7-2-8-16-27)30(40-34)25-36-21-26-13-5-1-6-14-26/h1-20,30-34H,21-25H2/t30-,31-,32-,33-,34?/m1/s1. The van der Waals surface area contributed by atoms with Crippen LogP contribution in [0.4, 0.5) is 4.39 Å². The zero-order valence-electron chi connectivity index (χ0n) is 22.4. The van der Waals surface area contributed by atoms with E-state index < -0.39 is 30.8 Å². The summed E-state index contributed by atoms with van der Waals surface area (Å²) in [4.78, 5) is 0. The van der Waals surface area contributed by atoms with Crippen LogP contribution in [0.3, 0.4) is 0 Å². The molecule has 6 heteroatoms. The lowest BCUT2D eigenvalue weighted by Crippen LogP contribution is -2.60. The maximum atomic E-state index is 15.7. The molecule has 0 radical (unpaired) electrons. The molecule has 1 heterocycles. The van der Waals surface area contributed by atoms with Gasteiger partial charge in [0.1, 0.15) is 24.4 Å². The number of halogens is 1. The van der Waals surface area contributed by atoms with Crippen LogP contribution >= 0.6 is 0 Å². The Morgan fingerprint density at radius 3 is 1.30 bits per heavy atom. The molecule has 40 heavy (non-hydrogen) atoms. The lowest BCUT2D eigenvalue weighted by atomic mass is 9.98. The zero-order valence-corrected chi connectivity index (χ0v) is 22.4.